The Morgan fingerprint density at radius 3 is 2.50 bits per heavy atom. The Bertz CT molecular complexity index is 1290. The van der Waals surface area contributed by atoms with Crippen LogP contribution in [0.5, 0.6) is 0 Å². The number of nitrogens with zero attached hydrogens (tertiary/aromatic N) is 1. The van der Waals surface area contributed by atoms with Crippen LogP contribution in [0.2, 0.25) is 0 Å². The van der Waals surface area contributed by atoms with E-state index in [2.05, 4.69) is 15.6 Å². The highest BCUT2D eigenvalue weighted by molar-refractivity contribution is 5.94. The Morgan fingerprint density at radius 2 is 1.76 bits per heavy atom. The first kappa shape index (κ1) is 23.1. The lowest BCUT2D eigenvalue weighted by molar-refractivity contribution is -0.122. The summed E-state index contributed by atoms with van der Waals surface area (Å²) < 4.78 is 0. The van der Waals surface area contributed by atoms with Crippen LogP contribution >= 0.6 is 0 Å². The molecule has 4 aromatic rings. The largest absolute Gasteiger partial charge is 0.399 e. The lowest BCUT2D eigenvalue weighted by Gasteiger charge is -2.21. The fourth-order valence-corrected chi connectivity index (χ4v) is 3.87. The molecule has 3 aromatic carbocycles. The van der Waals surface area contributed by atoms with Gasteiger partial charge in [0.1, 0.15) is 11.9 Å². The number of nitrogens with one attached hydrogen (secondary N) is 2. The van der Waals surface area contributed by atoms with Crippen molar-refractivity contribution in [3.05, 3.63) is 95.7 Å². The summed E-state index contributed by atoms with van der Waals surface area (Å²) in [6.07, 6.45) is 1.66. The predicted molar refractivity (Wildman–Crippen MR) is 137 cm³/mol. The molecule has 1 heterocycles. The van der Waals surface area contributed by atoms with Gasteiger partial charge < -0.3 is 27.2 Å². The molecule has 0 radical (unpaired) electrons. The van der Waals surface area contributed by atoms with Gasteiger partial charge in [0.05, 0.1) is 0 Å². The number of carbonyl (C=O) groups excluding carboxylic acids is 1. The molecule has 34 heavy (non-hydrogen) atoms. The number of pyridine rings is 1. The van der Waals surface area contributed by atoms with Gasteiger partial charge in [0.25, 0.3) is 0 Å². The molecule has 0 spiro atoms. The van der Waals surface area contributed by atoms with Crippen molar-refractivity contribution in [1.82, 2.24) is 10.3 Å². The van der Waals surface area contributed by atoms with Gasteiger partial charge in [0, 0.05) is 42.0 Å². The molecule has 0 aliphatic heterocycles. The zero-order chi connectivity index (χ0) is 24.1. The Balaban J connectivity index is 1.61. The van der Waals surface area contributed by atoms with Gasteiger partial charge >= 0.3 is 0 Å². The molecule has 0 fully saturated rings. The quantitative estimate of drug-likeness (QED) is 0.256. The predicted octanol–water partition coefficient (Wildman–Crippen LogP) is 3.96. The van der Waals surface area contributed by atoms with Crippen molar-refractivity contribution in [3.63, 3.8) is 0 Å². The molecule has 174 valence electrons. The Labute approximate surface area is 198 Å². The third-order valence-corrected chi connectivity index (χ3v) is 5.90. The number of aliphatic hydroxyl groups is 1. The van der Waals surface area contributed by atoms with E-state index in [1.165, 1.54) is 0 Å². The number of rotatable bonds is 8. The van der Waals surface area contributed by atoms with E-state index in [0.29, 0.717) is 18.1 Å². The first-order chi connectivity index (χ1) is 16.4. The van der Waals surface area contributed by atoms with Crippen molar-refractivity contribution in [3.8, 4) is 0 Å². The molecule has 0 saturated heterocycles. The second kappa shape index (κ2) is 10.2. The van der Waals surface area contributed by atoms with Gasteiger partial charge in [-0.05, 0) is 58.5 Å². The van der Waals surface area contributed by atoms with Crippen LogP contribution in [0.15, 0.2) is 79.0 Å². The molecule has 4 rings (SSSR count). The summed E-state index contributed by atoms with van der Waals surface area (Å²) in [4.78, 5) is 17.5. The minimum absolute atomic E-state index is 0.0254. The van der Waals surface area contributed by atoms with Crippen molar-refractivity contribution >= 4 is 33.9 Å². The summed E-state index contributed by atoms with van der Waals surface area (Å²) in [5.74, 6) is 0.325. The average Bonchev–Trinajstić information content (AvgIpc) is 2.85. The van der Waals surface area contributed by atoms with Gasteiger partial charge in [-0.1, -0.05) is 43.3 Å². The number of benzene rings is 3. The van der Waals surface area contributed by atoms with Gasteiger partial charge in [0.15, 0.2) is 0 Å². The molecule has 7 heteroatoms. The van der Waals surface area contributed by atoms with Gasteiger partial charge in [0.2, 0.25) is 5.91 Å². The van der Waals surface area contributed by atoms with Crippen LogP contribution in [0.3, 0.4) is 0 Å². The number of hydrogen-bond acceptors (Lipinski definition) is 6. The SMILES string of the molecule is CC(CO)c1ccc(C(Nc2ccc3c(N)nccc3c2)C(=O)NCc2cccc(N)c2)cc1. The van der Waals surface area contributed by atoms with Crippen LogP contribution < -0.4 is 22.1 Å². The van der Waals surface area contributed by atoms with Gasteiger partial charge in [-0.25, -0.2) is 4.98 Å². The molecule has 2 unspecified atom stereocenters. The van der Waals surface area contributed by atoms with Crippen molar-refractivity contribution in [2.75, 3.05) is 23.4 Å². The molecule has 1 amide bonds. The van der Waals surface area contributed by atoms with Crippen molar-refractivity contribution in [2.24, 2.45) is 0 Å². The molecule has 7 nitrogen and oxygen atoms in total. The third-order valence-electron chi connectivity index (χ3n) is 5.90. The lowest BCUT2D eigenvalue weighted by atomic mass is 9.97. The molecule has 0 aliphatic rings. The number of anilines is 3. The second-order valence-electron chi connectivity index (χ2n) is 8.42. The zero-order valence-corrected chi connectivity index (χ0v) is 19.0. The summed E-state index contributed by atoms with van der Waals surface area (Å²) in [5.41, 5.74) is 16.0. The van der Waals surface area contributed by atoms with Crippen LogP contribution in [0.4, 0.5) is 17.2 Å². The Hall–Kier alpha value is -4.10. The first-order valence-corrected chi connectivity index (χ1v) is 11.2. The van der Waals surface area contributed by atoms with E-state index < -0.39 is 6.04 Å². The number of aromatic nitrogens is 1. The van der Waals surface area contributed by atoms with Crippen LogP contribution in [0.1, 0.15) is 35.6 Å². The molecular weight excluding hydrogens is 426 g/mol. The van der Waals surface area contributed by atoms with E-state index in [1.807, 2.05) is 79.7 Å². The van der Waals surface area contributed by atoms with E-state index in [4.69, 9.17) is 11.5 Å². The highest BCUT2D eigenvalue weighted by Crippen LogP contribution is 2.27. The van der Waals surface area contributed by atoms with E-state index in [1.54, 1.807) is 6.20 Å². The zero-order valence-electron chi connectivity index (χ0n) is 19.0. The van der Waals surface area contributed by atoms with E-state index in [0.717, 1.165) is 33.2 Å². The molecule has 0 saturated carbocycles. The maximum atomic E-state index is 13.3. The smallest absolute Gasteiger partial charge is 0.247 e. The number of aliphatic hydroxyl groups excluding tert-OH is 1. The van der Waals surface area contributed by atoms with Crippen LogP contribution in [0, 0.1) is 0 Å². The number of hydrogen-bond donors (Lipinski definition) is 5. The van der Waals surface area contributed by atoms with E-state index in [9.17, 15) is 9.90 Å². The maximum Gasteiger partial charge on any atom is 0.247 e. The third kappa shape index (κ3) is 5.27. The molecule has 0 bridgehead atoms. The summed E-state index contributed by atoms with van der Waals surface area (Å²) in [6.45, 7) is 2.39. The molecule has 2 atom stereocenters. The number of amides is 1. The fourth-order valence-electron chi connectivity index (χ4n) is 3.87. The Morgan fingerprint density at radius 1 is 1.00 bits per heavy atom. The van der Waals surface area contributed by atoms with E-state index in [-0.39, 0.29) is 18.4 Å². The first-order valence-electron chi connectivity index (χ1n) is 11.2. The number of carbonyl (C=O) groups is 1. The minimum atomic E-state index is -0.629. The summed E-state index contributed by atoms with van der Waals surface area (Å²) in [7, 11) is 0. The number of fused-ring (bicyclic) bond motifs is 1. The van der Waals surface area contributed by atoms with Crippen molar-refractivity contribution < 1.29 is 9.90 Å². The summed E-state index contributed by atoms with van der Waals surface area (Å²) >= 11 is 0. The molecule has 1 aromatic heterocycles. The Kier molecular flexibility index (Phi) is 6.94. The number of nitrogens with two attached hydrogens (primary N) is 2. The van der Waals surface area contributed by atoms with Gasteiger partial charge in [-0.15, -0.1) is 0 Å². The molecule has 7 N–H and O–H groups in total. The van der Waals surface area contributed by atoms with Crippen LogP contribution in [-0.2, 0) is 11.3 Å². The topological polar surface area (TPSA) is 126 Å². The lowest BCUT2D eigenvalue weighted by Crippen LogP contribution is -2.33. The fraction of sp³-hybridized carbons (Fsp3) is 0.185. The second-order valence-corrected chi connectivity index (χ2v) is 8.42. The standard InChI is InChI=1S/C27H29N5O2/c1-17(16-33)19-5-7-20(8-6-19)25(27(34)31-15-18-3-2-4-22(28)13-18)32-23-9-10-24-21(14-23)11-12-30-26(24)29/h2-14,17,25,32-33H,15-16,28H2,1H3,(H2,29,30)(H,31,34). The maximum absolute atomic E-state index is 13.3. The summed E-state index contributed by atoms with van der Waals surface area (Å²) in [6, 6.07) is 22.2. The highest BCUT2D eigenvalue weighted by Gasteiger charge is 2.21. The summed E-state index contributed by atoms with van der Waals surface area (Å²) in [5, 5.41) is 17.6. The minimum Gasteiger partial charge on any atom is -0.399 e. The highest BCUT2D eigenvalue weighted by atomic mass is 16.3. The monoisotopic (exact) mass is 455 g/mol. The van der Waals surface area contributed by atoms with Gasteiger partial charge in [-0.3, -0.25) is 4.79 Å². The normalized spacial score (nSPS) is 12.8. The molecular formula is C27H29N5O2. The molecule has 0 aliphatic carbocycles. The van der Waals surface area contributed by atoms with Gasteiger partial charge in [-0.2, -0.15) is 0 Å². The van der Waals surface area contributed by atoms with Crippen molar-refractivity contribution in [1.29, 1.82) is 0 Å². The van der Waals surface area contributed by atoms with Crippen molar-refractivity contribution in [2.45, 2.75) is 25.4 Å². The van der Waals surface area contributed by atoms with Crippen LogP contribution in [-0.4, -0.2) is 22.6 Å². The van der Waals surface area contributed by atoms with E-state index >= 15 is 0 Å². The average molecular weight is 456 g/mol. The number of nitrogen functional groups attached to an aromatic ring is 2. The van der Waals surface area contributed by atoms with Crippen LogP contribution in [0.25, 0.3) is 10.8 Å².